The van der Waals surface area contributed by atoms with E-state index in [0.717, 1.165) is 36.9 Å². The molecule has 34 heavy (non-hydrogen) atoms. The molecular weight excluding hydrogens is 436 g/mol. The number of hydrogen-bond acceptors (Lipinski definition) is 6. The number of benzene rings is 1. The number of nitrogens with one attached hydrogen (secondary N) is 1. The van der Waals surface area contributed by atoms with Crippen LogP contribution in [0.1, 0.15) is 69.5 Å². The standard InChI is InChI=1S/C25H32N4O5/c1-24(2,3)33-22(30)26-25(11-12-25)14-19-13-20(27-34-19)21-10-9-18-15-28(21)23(31)29(18)32-16-17-7-5-4-6-8-17/h4-8,13,18,21H,9-12,14-16H2,1-3H3,(H,26,30)/t18-,21+/m1/s1. The maximum atomic E-state index is 13.1. The van der Waals surface area contributed by atoms with Crippen molar-refractivity contribution in [2.24, 2.45) is 0 Å². The molecule has 1 aliphatic carbocycles. The molecule has 5 rings (SSSR count). The number of nitrogens with zero attached hydrogens (tertiary/aromatic N) is 3. The van der Waals surface area contributed by atoms with Crippen LogP contribution in [0.15, 0.2) is 40.9 Å². The lowest BCUT2D eigenvalue weighted by Gasteiger charge is -2.28. The van der Waals surface area contributed by atoms with Crippen molar-refractivity contribution in [3.05, 3.63) is 53.4 Å². The van der Waals surface area contributed by atoms with E-state index >= 15 is 0 Å². The third-order valence-electron chi connectivity index (χ3n) is 6.59. The van der Waals surface area contributed by atoms with Crippen molar-refractivity contribution in [3.63, 3.8) is 0 Å². The molecule has 9 heteroatoms. The molecule has 3 aliphatic rings. The first-order valence-electron chi connectivity index (χ1n) is 11.9. The Morgan fingerprint density at radius 1 is 1.24 bits per heavy atom. The van der Waals surface area contributed by atoms with Crippen LogP contribution in [0.5, 0.6) is 0 Å². The van der Waals surface area contributed by atoms with Gasteiger partial charge in [0.1, 0.15) is 23.7 Å². The van der Waals surface area contributed by atoms with E-state index in [1.165, 1.54) is 5.06 Å². The van der Waals surface area contributed by atoms with Crippen molar-refractivity contribution >= 4 is 12.1 Å². The lowest BCUT2D eigenvalue weighted by Crippen LogP contribution is -2.41. The summed E-state index contributed by atoms with van der Waals surface area (Å²) >= 11 is 0. The topological polar surface area (TPSA) is 97.1 Å². The number of aromatic nitrogens is 1. The molecule has 3 fully saturated rings. The third-order valence-corrected chi connectivity index (χ3v) is 6.59. The highest BCUT2D eigenvalue weighted by molar-refractivity contribution is 5.77. The number of hydrogen-bond donors (Lipinski definition) is 1. The number of alkyl carbamates (subject to hydrolysis) is 1. The molecule has 2 atom stereocenters. The normalized spacial score (nSPS) is 23.2. The summed E-state index contributed by atoms with van der Waals surface area (Å²) in [7, 11) is 0. The summed E-state index contributed by atoms with van der Waals surface area (Å²) < 4.78 is 11.0. The van der Waals surface area contributed by atoms with Gasteiger partial charge in [-0.05, 0) is 52.0 Å². The zero-order valence-corrected chi connectivity index (χ0v) is 20.0. The van der Waals surface area contributed by atoms with Gasteiger partial charge in [-0.3, -0.25) is 4.84 Å². The van der Waals surface area contributed by atoms with Crippen LogP contribution < -0.4 is 5.32 Å². The predicted molar refractivity (Wildman–Crippen MR) is 122 cm³/mol. The summed E-state index contributed by atoms with van der Waals surface area (Å²) in [5.74, 6) is 0.703. The number of piperidine rings is 1. The second-order valence-corrected chi connectivity index (χ2v) is 10.6. The molecule has 0 unspecified atom stereocenters. The Bertz CT molecular complexity index is 1040. The highest BCUT2D eigenvalue weighted by Gasteiger charge is 2.48. The van der Waals surface area contributed by atoms with Crippen LogP contribution in [0.3, 0.4) is 0 Å². The van der Waals surface area contributed by atoms with Crippen molar-refractivity contribution in [1.82, 2.24) is 20.4 Å². The van der Waals surface area contributed by atoms with Gasteiger partial charge in [0.25, 0.3) is 0 Å². The fourth-order valence-electron chi connectivity index (χ4n) is 4.74. The molecule has 0 radical (unpaired) electrons. The summed E-state index contributed by atoms with van der Waals surface area (Å²) in [5, 5.41) is 8.81. The molecule has 0 spiro atoms. The minimum atomic E-state index is -0.542. The first kappa shape index (κ1) is 22.7. The molecule has 3 heterocycles. The average molecular weight is 469 g/mol. The summed E-state index contributed by atoms with van der Waals surface area (Å²) in [4.78, 5) is 33.0. The Balaban J connectivity index is 1.20. The first-order chi connectivity index (χ1) is 16.2. The number of hydroxylamine groups is 2. The van der Waals surface area contributed by atoms with Gasteiger partial charge in [-0.2, -0.15) is 5.06 Å². The van der Waals surface area contributed by atoms with E-state index in [4.69, 9.17) is 14.1 Å². The van der Waals surface area contributed by atoms with Gasteiger partial charge >= 0.3 is 12.1 Å². The molecule has 1 N–H and O–H groups in total. The summed E-state index contributed by atoms with van der Waals surface area (Å²) in [6.45, 7) is 6.51. The lowest BCUT2D eigenvalue weighted by atomic mass is 9.98. The van der Waals surface area contributed by atoms with Crippen LogP contribution in [-0.2, 0) is 22.6 Å². The molecule has 1 saturated carbocycles. The molecule has 2 aliphatic heterocycles. The molecule has 2 saturated heterocycles. The van der Waals surface area contributed by atoms with E-state index in [-0.39, 0.29) is 23.7 Å². The monoisotopic (exact) mass is 468 g/mol. The maximum Gasteiger partial charge on any atom is 0.408 e. The second kappa shape index (κ2) is 8.61. The van der Waals surface area contributed by atoms with E-state index in [0.29, 0.717) is 25.3 Å². The predicted octanol–water partition coefficient (Wildman–Crippen LogP) is 4.35. The number of rotatable bonds is 7. The summed E-state index contributed by atoms with van der Waals surface area (Å²) in [6.07, 6.45) is 3.51. The third kappa shape index (κ3) is 4.89. The van der Waals surface area contributed by atoms with Crippen LogP contribution in [0.4, 0.5) is 9.59 Å². The van der Waals surface area contributed by atoms with E-state index < -0.39 is 11.7 Å². The van der Waals surface area contributed by atoms with Crippen LogP contribution in [0.2, 0.25) is 0 Å². The molecular formula is C25H32N4O5. The number of fused-ring (bicyclic) bond motifs is 2. The van der Waals surface area contributed by atoms with Crippen molar-refractivity contribution in [2.75, 3.05) is 6.54 Å². The maximum absolute atomic E-state index is 13.1. The molecule has 182 valence electrons. The Labute approximate surface area is 199 Å². The summed E-state index contributed by atoms with van der Waals surface area (Å²) in [5.41, 5.74) is 0.889. The van der Waals surface area contributed by atoms with Crippen LogP contribution in [0, 0.1) is 0 Å². The molecule has 9 nitrogen and oxygen atoms in total. The molecule has 1 aromatic heterocycles. The zero-order chi connectivity index (χ0) is 23.9. The average Bonchev–Trinajstić information content (AvgIpc) is 3.28. The van der Waals surface area contributed by atoms with Gasteiger partial charge < -0.3 is 19.5 Å². The van der Waals surface area contributed by atoms with Gasteiger partial charge in [-0.15, -0.1) is 0 Å². The molecule has 2 aromatic rings. The highest BCUT2D eigenvalue weighted by Crippen LogP contribution is 2.41. The van der Waals surface area contributed by atoms with Crippen molar-refractivity contribution in [1.29, 1.82) is 0 Å². The highest BCUT2D eigenvalue weighted by atomic mass is 16.7. The fraction of sp³-hybridized carbons (Fsp3) is 0.560. The fourth-order valence-corrected chi connectivity index (χ4v) is 4.74. The van der Waals surface area contributed by atoms with E-state index in [2.05, 4.69) is 10.5 Å². The van der Waals surface area contributed by atoms with Gasteiger partial charge in [0.05, 0.1) is 17.6 Å². The van der Waals surface area contributed by atoms with Crippen molar-refractivity contribution in [2.45, 2.75) is 82.7 Å². The number of amides is 3. The van der Waals surface area contributed by atoms with Gasteiger partial charge in [0.15, 0.2) is 0 Å². The van der Waals surface area contributed by atoms with E-state index in [1.54, 1.807) is 0 Å². The van der Waals surface area contributed by atoms with Crippen LogP contribution in [-0.4, -0.2) is 51.0 Å². The van der Waals surface area contributed by atoms with Gasteiger partial charge in [-0.25, -0.2) is 9.59 Å². The lowest BCUT2D eigenvalue weighted by molar-refractivity contribution is -0.140. The van der Waals surface area contributed by atoms with Crippen LogP contribution in [0.25, 0.3) is 0 Å². The number of urea groups is 1. The van der Waals surface area contributed by atoms with Crippen molar-refractivity contribution in [3.8, 4) is 0 Å². The quantitative estimate of drug-likeness (QED) is 0.649. The molecule has 1 aromatic carbocycles. The molecule has 2 bridgehead atoms. The number of carbonyl (C=O) groups excluding carboxylic acids is 2. The van der Waals surface area contributed by atoms with Crippen molar-refractivity contribution < 1.29 is 23.7 Å². The van der Waals surface area contributed by atoms with Crippen LogP contribution >= 0.6 is 0 Å². The zero-order valence-electron chi connectivity index (χ0n) is 20.0. The Kier molecular flexibility index (Phi) is 5.75. The minimum Gasteiger partial charge on any atom is -0.444 e. The van der Waals surface area contributed by atoms with Gasteiger partial charge in [-0.1, -0.05) is 35.5 Å². The Morgan fingerprint density at radius 3 is 2.71 bits per heavy atom. The Morgan fingerprint density at radius 2 is 2.00 bits per heavy atom. The minimum absolute atomic E-state index is 0.0478. The SMILES string of the molecule is CC(C)(C)OC(=O)NC1(Cc2cc([C@@H]3CC[C@@H]4CN3C(=O)N4OCc3ccccc3)no2)CC1. The van der Waals surface area contributed by atoms with E-state index in [1.807, 2.05) is 62.1 Å². The number of ether oxygens (including phenoxy) is 1. The first-order valence-corrected chi connectivity index (χ1v) is 11.9. The summed E-state index contributed by atoms with van der Waals surface area (Å²) in [6, 6.07) is 11.5. The Hall–Kier alpha value is -3.07. The number of carbonyl (C=O) groups is 2. The van der Waals surface area contributed by atoms with Gasteiger partial charge in [0.2, 0.25) is 0 Å². The smallest absolute Gasteiger partial charge is 0.408 e. The molecule has 3 amide bonds. The second-order valence-electron chi connectivity index (χ2n) is 10.6. The van der Waals surface area contributed by atoms with E-state index in [9.17, 15) is 9.59 Å². The van der Waals surface area contributed by atoms with Gasteiger partial charge in [0, 0.05) is 19.0 Å². The largest absolute Gasteiger partial charge is 0.444 e.